The molecule has 0 saturated heterocycles. The van der Waals surface area contributed by atoms with E-state index >= 15 is 0 Å². The number of likely N-dealkylation sites (N-methyl/N-ethyl adjacent to an activating group) is 1. The van der Waals surface area contributed by atoms with Crippen LogP contribution in [0.3, 0.4) is 0 Å². The molecule has 0 heterocycles. The summed E-state index contributed by atoms with van der Waals surface area (Å²) in [6.07, 6.45) is 45.3. The molecule has 9 nitrogen and oxygen atoms in total. The lowest BCUT2D eigenvalue weighted by atomic mass is 10.0. The fraction of sp³-hybridized carbons (Fsp3) is 0.875. The van der Waals surface area contributed by atoms with Crippen LogP contribution in [0.1, 0.15) is 219 Å². The molecule has 0 fully saturated rings. The normalized spacial score (nSPS) is 13.7. The molecule has 342 valence electrons. The molecule has 0 spiro atoms. The molecule has 0 saturated carbocycles. The van der Waals surface area contributed by atoms with E-state index in [1.807, 2.05) is 21.1 Å². The Hall–Kier alpha value is -1.51. The molecule has 10 heteroatoms. The minimum atomic E-state index is -4.61. The SMILES string of the molecule is CCCCCCC/C=C\C/C=C\CCCCCCCCCCCCCCCCCC(=O)OC(COC(=O)CCCCCCCCC)COP(=O)([O-])OCC[N+](C)(C)C. The summed E-state index contributed by atoms with van der Waals surface area (Å²) < 4.78 is 33.8. The summed E-state index contributed by atoms with van der Waals surface area (Å²) in [6, 6.07) is 0. The number of hydrogen-bond donors (Lipinski definition) is 0. The predicted molar refractivity (Wildman–Crippen MR) is 241 cm³/mol. The van der Waals surface area contributed by atoms with Crippen molar-refractivity contribution in [3.8, 4) is 0 Å². The fourth-order valence-corrected chi connectivity index (χ4v) is 7.41. The molecule has 0 aliphatic heterocycles. The molecule has 0 aromatic heterocycles. The first-order valence-corrected chi connectivity index (χ1v) is 25.5. The largest absolute Gasteiger partial charge is 0.756 e. The van der Waals surface area contributed by atoms with E-state index in [9.17, 15) is 19.0 Å². The lowest BCUT2D eigenvalue weighted by molar-refractivity contribution is -0.870. The molecule has 0 aromatic rings. The van der Waals surface area contributed by atoms with Gasteiger partial charge in [0.2, 0.25) is 0 Å². The van der Waals surface area contributed by atoms with Crippen molar-refractivity contribution in [2.75, 3.05) is 47.5 Å². The molecule has 2 atom stereocenters. The topological polar surface area (TPSA) is 111 Å². The van der Waals surface area contributed by atoms with Gasteiger partial charge in [-0.25, -0.2) is 0 Å². The van der Waals surface area contributed by atoms with Crippen molar-refractivity contribution in [3.05, 3.63) is 24.3 Å². The van der Waals surface area contributed by atoms with Gasteiger partial charge in [0.25, 0.3) is 7.82 Å². The highest BCUT2D eigenvalue weighted by atomic mass is 31.2. The second-order valence-electron chi connectivity index (χ2n) is 17.5. The van der Waals surface area contributed by atoms with Crippen molar-refractivity contribution in [1.82, 2.24) is 0 Å². The summed E-state index contributed by atoms with van der Waals surface area (Å²) in [4.78, 5) is 37.4. The van der Waals surface area contributed by atoms with Crippen molar-refractivity contribution in [3.63, 3.8) is 0 Å². The molecular formula is C48H92NO8P. The number of quaternary nitrogens is 1. The summed E-state index contributed by atoms with van der Waals surface area (Å²) in [6.45, 7) is 4.18. The summed E-state index contributed by atoms with van der Waals surface area (Å²) in [5.41, 5.74) is 0. The second-order valence-corrected chi connectivity index (χ2v) is 18.9. The Morgan fingerprint density at radius 3 is 1.36 bits per heavy atom. The Kier molecular flexibility index (Phi) is 39.8. The zero-order chi connectivity index (χ0) is 42.8. The number of nitrogens with zero attached hydrogens (tertiary/aromatic N) is 1. The molecule has 58 heavy (non-hydrogen) atoms. The van der Waals surface area contributed by atoms with E-state index in [1.165, 1.54) is 141 Å². The Balaban J connectivity index is 4.03. The van der Waals surface area contributed by atoms with E-state index in [2.05, 4.69) is 38.2 Å². The highest BCUT2D eigenvalue weighted by molar-refractivity contribution is 7.45. The van der Waals surface area contributed by atoms with Crippen LogP contribution in [0.4, 0.5) is 0 Å². The third-order valence-electron chi connectivity index (χ3n) is 10.5. The number of allylic oxidation sites excluding steroid dienone is 4. The molecule has 2 unspecified atom stereocenters. The Labute approximate surface area is 358 Å². The first-order valence-electron chi connectivity index (χ1n) is 24.0. The predicted octanol–water partition coefficient (Wildman–Crippen LogP) is 13.3. The Morgan fingerprint density at radius 2 is 0.931 bits per heavy atom. The van der Waals surface area contributed by atoms with E-state index < -0.39 is 26.5 Å². The number of ether oxygens (including phenoxy) is 2. The summed E-state index contributed by atoms with van der Waals surface area (Å²) in [5, 5.41) is 0. The van der Waals surface area contributed by atoms with E-state index in [0.717, 1.165) is 44.9 Å². The number of phosphoric acid groups is 1. The van der Waals surface area contributed by atoms with Gasteiger partial charge in [-0.1, -0.05) is 186 Å². The average molecular weight is 842 g/mol. The van der Waals surface area contributed by atoms with Gasteiger partial charge in [0, 0.05) is 12.8 Å². The number of esters is 2. The molecule has 0 amide bonds. The number of unbranched alkanes of at least 4 members (excludes halogenated alkanes) is 26. The summed E-state index contributed by atoms with van der Waals surface area (Å²) >= 11 is 0. The third-order valence-corrected chi connectivity index (χ3v) is 11.4. The molecule has 0 rings (SSSR count). The molecule has 0 aromatic carbocycles. The lowest BCUT2D eigenvalue weighted by Gasteiger charge is -2.28. The lowest BCUT2D eigenvalue weighted by Crippen LogP contribution is -2.37. The molecule has 0 bridgehead atoms. The number of carbonyl (C=O) groups is 2. The van der Waals surface area contributed by atoms with Crippen LogP contribution in [0.2, 0.25) is 0 Å². The van der Waals surface area contributed by atoms with Gasteiger partial charge in [-0.2, -0.15) is 0 Å². The zero-order valence-electron chi connectivity index (χ0n) is 38.5. The van der Waals surface area contributed by atoms with Crippen LogP contribution >= 0.6 is 7.82 Å². The van der Waals surface area contributed by atoms with Gasteiger partial charge < -0.3 is 27.9 Å². The molecule has 0 aliphatic carbocycles. The minimum absolute atomic E-state index is 0.0286. The third kappa shape index (κ3) is 44.1. The van der Waals surface area contributed by atoms with Gasteiger partial charge in [0.05, 0.1) is 27.7 Å². The fourth-order valence-electron chi connectivity index (χ4n) is 6.69. The highest BCUT2D eigenvalue weighted by Crippen LogP contribution is 2.38. The maximum absolute atomic E-state index is 12.7. The van der Waals surface area contributed by atoms with Crippen LogP contribution < -0.4 is 4.89 Å². The maximum Gasteiger partial charge on any atom is 0.306 e. The van der Waals surface area contributed by atoms with Crippen LogP contribution in [0.25, 0.3) is 0 Å². The maximum atomic E-state index is 12.7. The monoisotopic (exact) mass is 842 g/mol. The van der Waals surface area contributed by atoms with Crippen LogP contribution in [-0.2, 0) is 32.7 Å². The van der Waals surface area contributed by atoms with Crippen molar-refractivity contribution >= 4 is 19.8 Å². The van der Waals surface area contributed by atoms with Gasteiger partial charge >= 0.3 is 11.9 Å². The standard InChI is InChI=1S/C48H92NO8P/c1-6-8-10-12-14-15-16-17-18-19-20-21-22-23-24-25-26-27-28-29-30-31-32-33-35-37-39-41-48(51)57-46(45-56-58(52,53)55-43-42-49(3,4)5)44-54-47(50)40-38-36-34-13-11-9-7-2/h16-17,19-20,46H,6-15,18,21-45H2,1-5H3/b17-16-,20-19-. The summed E-state index contributed by atoms with van der Waals surface area (Å²) in [5.74, 6) is -0.834. The first kappa shape index (κ1) is 56.5. The minimum Gasteiger partial charge on any atom is -0.756 e. The van der Waals surface area contributed by atoms with Crippen molar-refractivity contribution < 1.29 is 42.1 Å². The Bertz CT molecular complexity index is 1040. The van der Waals surface area contributed by atoms with Crippen molar-refractivity contribution in [2.24, 2.45) is 0 Å². The number of carbonyl (C=O) groups excluding carboxylic acids is 2. The van der Waals surface area contributed by atoms with Gasteiger partial charge in [-0.15, -0.1) is 0 Å². The number of rotatable bonds is 44. The van der Waals surface area contributed by atoms with Crippen LogP contribution in [-0.4, -0.2) is 70.0 Å². The smallest absolute Gasteiger partial charge is 0.306 e. The molecular weight excluding hydrogens is 750 g/mol. The van der Waals surface area contributed by atoms with Gasteiger partial charge in [0.1, 0.15) is 19.8 Å². The quantitative estimate of drug-likeness (QED) is 0.0196. The molecule has 0 aliphatic rings. The second kappa shape index (κ2) is 40.9. The van der Waals surface area contributed by atoms with E-state index in [4.69, 9.17) is 18.5 Å². The Morgan fingerprint density at radius 1 is 0.534 bits per heavy atom. The molecule has 0 radical (unpaired) electrons. The van der Waals surface area contributed by atoms with Crippen LogP contribution in [0.15, 0.2) is 24.3 Å². The first-order chi connectivity index (χ1) is 28.0. The van der Waals surface area contributed by atoms with Crippen molar-refractivity contribution in [2.45, 2.75) is 225 Å². The number of phosphoric ester groups is 1. The van der Waals surface area contributed by atoms with Gasteiger partial charge in [0.15, 0.2) is 6.10 Å². The van der Waals surface area contributed by atoms with Crippen LogP contribution in [0.5, 0.6) is 0 Å². The number of hydrogen-bond acceptors (Lipinski definition) is 8. The van der Waals surface area contributed by atoms with E-state index in [1.54, 1.807) is 0 Å². The van der Waals surface area contributed by atoms with Gasteiger partial charge in [-0.3, -0.25) is 14.2 Å². The van der Waals surface area contributed by atoms with E-state index in [0.29, 0.717) is 17.4 Å². The van der Waals surface area contributed by atoms with Crippen LogP contribution in [0, 0.1) is 0 Å². The van der Waals surface area contributed by atoms with E-state index in [-0.39, 0.29) is 32.0 Å². The summed E-state index contributed by atoms with van der Waals surface area (Å²) in [7, 11) is 1.17. The van der Waals surface area contributed by atoms with Gasteiger partial charge in [-0.05, 0) is 44.9 Å². The highest BCUT2D eigenvalue weighted by Gasteiger charge is 2.21. The van der Waals surface area contributed by atoms with Crippen molar-refractivity contribution in [1.29, 1.82) is 0 Å². The average Bonchev–Trinajstić information content (AvgIpc) is 3.17. The zero-order valence-corrected chi connectivity index (χ0v) is 39.4. The molecule has 0 N–H and O–H groups in total.